The summed E-state index contributed by atoms with van der Waals surface area (Å²) in [6, 6.07) is 7.70. The molecule has 0 atom stereocenters. The lowest BCUT2D eigenvalue weighted by Gasteiger charge is -2.10. The highest BCUT2D eigenvalue weighted by molar-refractivity contribution is 5.86. The van der Waals surface area contributed by atoms with E-state index in [2.05, 4.69) is 10.3 Å². The van der Waals surface area contributed by atoms with E-state index in [4.69, 9.17) is 5.11 Å². The van der Waals surface area contributed by atoms with Gasteiger partial charge in [-0.15, -0.1) is 0 Å². The second-order valence-corrected chi connectivity index (χ2v) is 3.77. The molecule has 2 aromatic rings. The molecule has 0 bridgehead atoms. The number of anilines is 2. The van der Waals surface area contributed by atoms with E-state index in [9.17, 15) is 9.18 Å². The molecular formula is C13H11FN2O2. The molecular weight excluding hydrogens is 235 g/mol. The van der Waals surface area contributed by atoms with Crippen LogP contribution >= 0.6 is 0 Å². The van der Waals surface area contributed by atoms with E-state index in [-0.39, 0.29) is 11.5 Å². The molecule has 1 heterocycles. The minimum absolute atomic E-state index is 0.0611. The number of halogens is 1. The van der Waals surface area contributed by atoms with E-state index < -0.39 is 5.97 Å². The molecule has 0 spiro atoms. The molecule has 5 heteroatoms. The van der Waals surface area contributed by atoms with Crippen LogP contribution in [0.1, 0.15) is 16.1 Å². The van der Waals surface area contributed by atoms with Gasteiger partial charge in [0.1, 0.15) is 11.5 Å². The number of carbonyl (C=O) groups is 1. The van der Waals surface area contributed by atoms with Gasteiger partial charge in [0.25, 0.3) is 0 Å². The van der Waals surface area contributed by atoms with Crippen LogP contribution in [0.2, 0.25) is 0 Å². The minimum atomic E-state index is -1.10. The summed E-state index contributed by atoms with van der Waals surface area (Å²) in [5, 5.41) is 11.8. The normalized spacial score (nSPS) is 10.1. The standard InChI is InChI=1S/C13H11FN2O2/c1-8-10(14)3-2-4-11(8)16-9-5-6-15-12(7-9)13(17)18/h2-7H,1H3,(H,15,16)(H,17,18). The summed E-state index contributed by atoms with van der Waals surface area (Å²) in [7, 11) is 0. The zero-order valence-electron chi connectivity index (χ0n) is 9.64. The Balaban J connectivity index is 2.31. The number of carboxylic acids is 1. The number of nitrogens with one attached hydrogen (secondary N) is 1. The second kappa shape index (κ2) is 4.83. The Kier molecular flexibility index (Phi) is 3.23. The molecule has 0 unspecified atom stereocenters. The van der Waals surface area contributed by atoms with Crippen molar-refractivity contribution in [2.75, 3.05) is 5.32 Å². The quantitative estimate of drug-likeness (QED) is 0.874. The lowest BCUT2D eigenvalue weighted by atomic mass is 10.2. The average molecular weight is 246 g/mol. The number of carboxylic acid groups (broad SMARTS) is 1. The zero-order valence-corrected chi connectivity index (χ0v) is 9.64. The maximum Gasteiger partial charge on any atom is 0.354 e. The molecule has 1 aromatic carbocycles. The molecule has 0 aliphatic heterocycles. The molecule has 2 rings (SSSR count). The monoisotopic (exact) mass is 246 g/mol. The first-order valence-corrected chi connectivity index (χ1v) is 5.29. The third kappa shape index (κ3) is 2.45. The van der Waals surface area contributed by atoms with E-state index in [1.165, 1.54) is 18.3 Å². The van der Waals surface area contributed by atoms with Crippen LogP contribution in [0.3, 0.4) is 0 Å². The van der Waals surface area contributed by atoms with Gasteiger partial charge in [-0.1, -0.05) is 6.07 Å². The lowest BCUT2D eigenvalue weighted by Crippen LogP contribution is -2.01. The van der Waals surface area contributed by atoms with Crippen LogP contribution in [-0.2, 0) is 0 Å². The zero-order chi connectivity index (χ0) is 13.1. The number of aromatic nitrogens is 1. The van der Waals surface area contributed by atoms with Gasteiger partial charge in [0.05, 0.1) is 0 Å². The summed E-state index contributed by atoms with van der Waals surface area (Å²) in [6.07, 6.45) is 1.39. The van der Waals surface area contributed by atoms with Crippen molar-refractivity contribution in [2.45, 2.75) is 6.92 Å². The number of hydrogen-bond acceptors (Lipinski definition) is 3. The molecule has 0 aliphatic rings. The third-order valence-electron chi connectivity index (χ3n) is 2.53. The van der Waals surface area contributed by atoms with Crippen LogP contribution in [-0.4, -0.2) is 16.1 Å². The van der Waals surface area contributed by atoms with Crippen molar-refractivity contribution in [2.24, 2.45) is 0 Å². The van der Waals surface area contributed by atoms with Gasteiger partial charge in [-0.2, -0.15) is 0 Å². The van der Waals surface area contributed by atoms with Gasteiger partial charge in [-0.25, -0.2) is 14.2 Å². The minimum Gasteiger partial charge on any atom is -0.477 e. The largest absolute Gasteiger partial charge is 0.477 e. The lowest BCUT2D eigenvalue weighted by molar-refractivity contribution is 0.0690. The summed E-state index contributed by atoms with van der Waals surface area (Å²) in [5.74, 6) is -1.41. The van der Waals surface area contributed by atoms with Crippen molar-refractivity contribution < 1.29 is 14.3 Å². The first kappa shape index (κ1) is 12.0. The Hall–Kier alpha value is -2.43. The molecule has 0 aliphatic carbocycles. The van der Waals surface area contributed by atoms with Crippen molar-refractivity contribution >= 4 is 17.3 Å². The van der Waals surface area contributed by atoms with Gasteiger partial charge < -0.3 is 10.4 Å². The number of hydrogen-bond donors (Lipinski definition) is 2. The molecule has 0 radical (unpaired) electrons. The molecule has 4 nitrogen and oxygen atoms in total. The van der Waals surface area contributed by atoms with Crippen LogP contribution in [0.5, 0.6) is 0 Å². The van der Waals surface area contributed by atoms with Crippen LogP contribution in [0, 0.1) is 12.7 Å². The van der Waals surface area contributed by atoms with Crippen LogP contribution in [0.4, 0.5) is 15.8 Å². The summed E-state index contributed by atoms with van der Waals surface area (Å²) < 4.78 is 13.3. The van der Waals surface area contributed by atoms with E-state index in [0.717, 1.165) is 0 Å². The summed E-state index contributed by atoms with van der Waals surface area (Å²) in [5.41, 5.74) is 1.56. The molecule has 0 saturated carbocycles. The Labute approximate surface area is 103 Å². The fourth-order valence-corrected chi connectivity index (χ4v) is 1.52. The Morgan fingerprint density at radius 3 is 2.89 bits per heavy atom. The van der Waals surface area contributed by atoms with Crippen molar-refractivity contribution in [3.63, 3.8) is 0 Å². The van der Waals surface area contributed by atoms with Crippen molar-refractivity contribution in [3.05, 3.63) is 53.6 Å². The average Bonchev–Trinajstić information content (AvgIpc) is 2.35. The predicted molar refractivity (Wildman–Crippen MR) is 65.6 cm³/mol. The molecule has 0 fully saturated rings. The molecule has 0 saturated heterocycles. The highest BCUT2D eigenvalue weighted by Crippen LogP contribution is 2.22. The van der Waals surface area contributed by atoms with Crippen LogP contribution in [0.25, 0.3) is 0 Å². The van der Waals surface area contributed by atoms with Crippen molar-refractivity contribution in [3.8, 4) is 0 Å². The fraction of sp³-hybridized carbons (Fsp3) is 0.0769. The molecule has 92 valence electrons. The smallest absolute Gasteiger partial charge is 0.354 e. The Bertz CT molecular complexity index is 599. The number of pyridine rings is 1. The first-order chi connectivity index (χ1) is 8.58. The fourth-order valence-electron chi connectivity index (χ4n) is 1.52. The highest BCUT2D eigenvalue weighted by Gasteiger charge is 2.07. The summed E-state index contributed by atoms with van der Waals surface area (Å²) >= 11 is 0. The Morgan fingerprint density at radius 1 is 1.39 bits per heavy atom. The summed E-state index contributed by atoms with van der Waals surface area (Å²) in [4.78, 5) is 14.5. The van der Waals surface area contributed by atoms with E-state index in [0.29, 0.717) is 16.9 Å². The van der Waals surface area contributed by atoms with Crippen LogP contribution in [0.15, 0.2) is 36.5 Å². The van der Waals surface area contributed by atoms with Gasteiger partial charge >= 0.3 is 5.97 Å². The topological polar surface area (TPSA) is 62.2 Å². The Morgan fingerprint density at radius 2 is 2.17 bits per heavy atom. The molecule has 2 N–H and O–H groups in total. The van der Waals surface area contributed by atoms with Gasteiger partial charge in [0, 0.05) is 23.1 Å². The number of benzene rings is 1. The first-order valence-electron chi connectivity index (χ1n) is 5.29. The maximum absolute atomic E-state index is 13.3. The number of rotatable bonds is 3. The summed E-state index contributed by atoms with van der Waals surface area (Å²) in [6.45, 7) is 1.65. The number of aromatic carboxylic acids is 1. The van der Waals surface area contributed by atoms with Gasteiger partial charge in [0.15, 0.2) is 0 Å². The SMILES string of the molecule is Cc1c(F)cccc1Nc1ccnc(C(=O)O)c1. The third-order valence-corrected chi connectivity index (χ3v) is 2.53. The molecule has 18 heavy (non-hydrogen) atoms. The predicted octanol–water partition coefficient (Wildman–Crippen LogP) is 2.97. The van der Waals surface area contributed by atoms with Crippen molar-refractivity contribution in [1.29, 1.82) is 0 Å². The van der Waals surface area contributed by atoms with E-state index in [1.807, 2.05) is 0 Å². The van der Waals surface area contributed by atoms with Gasteiger partial charge in [-0.05, 0) is 31.2 Å². The van der Waals surface area contributed by atoms with Crippen LogP contribution < -0.4 is 5.32 Å². The van der Waals surface area contributed by atoms with Gasteiger partial charge in [-0.3, -0.25) is 0 Å². The highest BCUT2D eigenvalue weighted by atomic mass is 19.1. The molecule has 0 amide bonds. The maximum atomic E-state index is 13.3. The van der Waals surface area contributed by atoms with E-state index >= 15 is 0 Å². The number of nitrogens with zero attached hydrogens (tertiary/aromatic N) is 1. The molecule has 1 aromatic heterocycles. The van der Waals surface area contributed by atoms with Gasteiger partial charge in [0.2, 0.25) is 0 Å². The van der Waals surface area contributed by atoms with E-state index in [1.54, 1.807) is 25.1 Å². The van der Waals surface area contributed by atoms with Crippen molar-refractivity contribution in [1.82, 2.24) is 4.98 Å². The second-order valence-electron chi connectivity index (χ2n) is 3.77.